The van der Waals surface area contributed by atoms with Crippen LogP contribution in [0.25, 0.3) is 0 Å². The van der Waals surface area contributed by atoms with Gasteiger partial charge in [-0.05, 0) is 18.6 Å². The van der Waals surface area contributed by atoms with Crippen LogP contribution in [0.5, 0.6) is 0 Å². The van der Waals surface area contributed by atoms with Gasteiger partial charge in [0.2, 0.25) is 0 Å². The zero-order chi connectivity index (χ0) is 12.1. The number of non-ortho nitro benzene ring substituents is 1. The van der Waals surface area contributed by atoms with Crippen LogP contribution in [0.3, 0.4) is 0 Å². The molecule has 1 aromatic rings. The summed E-state index contributed by atoms with van der Waals surface area (Å²) in [5.74, 6) is 0. The van der Waals surface area contributed by atoms with Gasteiger partial charge in [0.1, 0.15) is 0 Å². The molecule has 1 aromatic carbocycles. The van der Waals surface area contributed by atoms with Gasteiger partial charge in [-0.2, -0.15) is 0 Å². The van der Waals surface area contributed by atoms with E-state index in [0.717, 1.165) is 0 Å². The molecule has 0 heterocycles. The second-order valence-corrected chi connectivity index (χ2v) is 3.92. The number of aliphatic hydroxyl groups is 1. The maximum absolute atomic E-state index is 10.5. The lowest BCUT2D eigenvalue weighted by molar-refractivity contribution is -0.384. The molecule has 0 aliphatic rings. The van der Waals surface area contributed by atoms with Crippen molar-refractivity contribution in [1.82, 2.24) is 5.32 Å². The number of hydrogen-bond donors (Lipinski definition) is 2. The van der Waals surface area contributed by atoms with E-state index in [1.165, 1.54) is 18.2 Å². The molecule has 16 heavy (non-hydrogen) atoms. The van der Waals surface area contributed by atoms with Gasteiger partial charge in [-0.3, -0.25) is 10.1 Å². The van der Waals surface area contributed by atoms with Crippen molar-refractivity contribution in [2.75, 3.05) is 6.54 Å². The Morgan fingerprint density at radius 2 is 2.31 bits per heavy atom. The number of nitrogens with zero attached hydrogens (tertiary/aromatic N) is 1. The van der Waals surface area contributed by atoms with Gasteiger partial charge in [-0.1, -0.05) is 11.6 Å². The van der Waals surface area contributed by atoms with E-state index in [-0.39, 0.29) is 5.69 Å². The molecule has 0 bridgehead atoms. The summed E-state index contributed by atoms with van der Waals surface area (Å²) in [6, 6.07) is 4.29. The molecular formula is C10H13ClN2O3. The molecule has 88 valence electrons. The van der Waals surface area contributed by atoms with Gasteiger partial charge >= 0.3 is 0 Å². The Morgan fingerprint density at radius 3 is 2.88 bits per heavy atom. The van der Waals surface area contributed by atoms with Gasteiger partial charge in [0.15, 0.2) is 0 Å². The molecule has 0 aliphatic heterocycles. The number of aliphatic hydroxyl groups excluding tert-OH is 1. The van der Waals surface area contributed by atoms with Gasteiger partial charge < -0.3 is 10.4 Å². The highest BCUT2D eigenvalue weighted by Crippen LogP contribution is 2.21. The number of halogens is 1. The Bertz CT molecular complexity index is 382. The van der Waals surface area contributed by atoms with E-state index in [0.29, 0.717) is 23.7 Å². The Balaban J connectivity index is 2.70. The van der Waals surface area contributed by atoms with Crippen LogP contribution < -0.4 is 5.32 Å². The molecule has 0 aliphatic carbocycles. The van der Waals surface area contributed by atoms with Crippen molar-refractivity contribution in [3.8, 4) is 0 Å². The van der Waals surface area contributed by atoms with E-state index < -0.39 is 11.0 Å². The maximum atomic E-state index is 10.5. The van der Waals surface area contributed by atoms with Crippen LogP contribution in [0, 0.1) is 10.1 Å². The minimum atomic E-state index is -0.464. The summed E-state index contributed by atoms with van der Waals surface area (Å²) in [4.78, 5) is 10.1. The van der Waals surface area contributed by atoms with Crippen LogP contribution in [0.4, 0.5) is 5.69 Å². The van der Waals surface area contributed by atoms with Crippen LogP contribution in [0.15, 0.2) is 18.2 Å². The van der Waals surface area contributed by atoms with E-state index in [9.17, 15) is 10.1 Å². The highest BCUT2D eigenvalue weighted by atomic mass is 35.5. The Labute approximate surface area is 98.2 Å². The Kier molecular flexibility index (Phi) is 4.67. The summed E-state index contributed by atoms with van der Waals surface area (Å²) in [5, 5.41) is 23.0. The molecule has 0 fully saturated rings. The van der Waals surface area contributed by atoms with Crippen molar-refractivity contribution in [3.63, 3.8) is 0 Å². The van der Waals surface area contributed by atoms with Crippen LogP contribution in [0.2, 0.25) is 5.02 Å². The first kappa shape index (κ1) is 12.9. The van der Waals surface area contributed by atoms with Crippen LogP contribution >= 0.6 is 11.6 Å². The van der Waals surface area contributed by atoms with E-state index in [1.54, 1.807) is 6.92 Å². The first-order valence-corrected chi connectivity index (χ1v) is 5.20. The summed E-state index contributed by atoms with van der Waals surface area (Å²) in [6.45, 7) is 2.46. The third-order valence-electron chi connectivity index (χ3n) is 2.00. The van der Waals surface area contributed by atoms with Gasteiger partial charge in [0.05, 0.1) is 11.0 Å². The van der Waals surface area contributed by atoms with Gasteiger partial charge in [-0.25, -0.2) is 0 Å². The standard InChI is InChI=1S/C10H13ClN2O3/c1-7(14)5-12-6-8-4-9(13(15)16)2-3-10(8)11/h2-4,7,12,14H,5-6H2,1H3/t7-/m0/s1. The number of nitro benzene ring substituents is 1. The summed E-state index contributed by atoms with van der Waals surface area (Å²) < 4.78 is 0. The molecule has 0 unspecified atom stereocenters. The molecule has 1 atom stereocenters. The molecule has 0 saturated carbocycles. The molecule has 0 saturated heterocycles. The van der Waals surface area contributed by atoms with Gasteiger partial charge in [0, 0.05) is 30.2 Å². The van der Waals surface area contributed by atoms with Crippen molar-refractivity contribution in [3.05, 3.63) is 38.9 Å². The fourth-order valence-corrected chi connectivity index (χ4v) is 1.41. The van der Waals surface area contributed by atoms with Crippen LogP contribution in [-0.2, 0) is 6.54 Å². The lowest BCUT2D eigenvalue weighted by Gasteiger charge is -2.08. The van der Waals surface area contributed by atoms with E-state index >= 15 is 0 Å². The topological polar surface area (TPSA) is 75.4 Å². The van der Waals surface area contributed by atoms with Crippen LogP contribution in [-0.4, -0.2) is 22.7 Å². The number of nitro groups is 1. The largest absolute Gasteiger partial charge is 0.392 e. The van der Waals surface area contributed by atoms with Crippen LogP contribution in [0.1, 0.15) is 12.5 Å². The average molecular weight is 245 g/mol. The summed E-state index contributed by atoms with van der Waals surface area (Å²) in [7, 11) is 0. The normalized spacial score (nSPS) is 12.4. The van der Waals surface area contributed by atoms with Crippen molar-refractivity contribution in [1.29, 1.82) is 0 Å². The lowest BCUT2D eigenvalue weighted by atomic mass is 10.2. The highest BCUT2D eigenvalue weighted by molar-refractivity contribution is 6.31. The average Bonchev–Trinajstić information content (AvgIpc) is 2.20. The summed E-state index contributed by atoms with van der Waals surface area (Å²) in [6.07, 6.45) is -0.461. The van der Waals surface area contributed by atoms with E-state index in [1.807, 2.05) is 0 Å². The molecule has 6 heteroatoms. The molecule has 0 radical (unpaired) electrons. The van der Waals surface area contributed by atoms with Crippen molar-refractivity contribution < 1.29 is 10.0 Å². The smallest absolute Gasteiger partial charge is 0.269 e. The Hall–Kier alpha value is -1.17. The lowest BCUT2D eigenvalue weighted by Crippen LogP contribution is -2.24. The number of rotatable bonds is 5. The van der Waals surface area contributed by atoms with E-state index in [2.05, 4.69) is 5.32 Å². The van der Waals surface area contributed by atoms with E-state index in [4.69, 9.17) is 16.7 Å². The van der Waals surface area contributed by atoms with Gasteiger partial charge in [-0.15, -0.1) is 0 Å². The van der Waals surface area contributed by atoms with Gasteiger partial charge in [0.25, 0.3) is 5.69 Å². The summed E-state index contributed by atoms with van der Waals surface area (Å²) >= 11 is 5.89. The minimum Gasteiger partial charge on any atom is -0.392 e. The zero-order valence-corrected chi connectivity index (χ0v) is 9.57. The second kappa shape index (κ2) is 5.79. The predicted octanol–water partition coefficient (Wildman–Crippen LogP) is 1.72. The number of nitrogens with one attached hydrogen (secondary N) is 1. The number of hydrogen-bond acceptors (Lipinski definition) is 4. The highest BCUT2D eigenvalue weighted by Gasteiger charge is 2.09. The quantitative estimate of drug-likeness (QED) is 0.611. The molecule has 0 aromatic heterocycles. The third-order valence-corrected chi connectivity index (χ3v) is 2.36. The maximum Gasteiger partial charge on any atom is 0.269 e. The fraction of sp³-hybridized carbons (Fsp3) is 0.400. The SMILES string of the molecule is C[C@H](O)CNCc1cc([N+](=O)[O-])ccc1Cl. The Morgan fingerprint density at radius 1 is 1.62 bits per heavy atom. The van der Waals surface area contributed by atoms with Crippen molar-refractivity contribution in [2.24, 2.45) is 0 Å². The number of benzene rings is 1. The first-order chi connectivity index (χ1) is 7.50. The molecule has 0 amide bonds. The molecular weight excluding hydrogens is 232 g/mol. The molecule has 2 N–H and O–H groups in total. The fourth-order valence-electron chi connectivity index (χ4n) is 1.23. The monoisotopic (exact) mass is 244 g/mol. The second-order valence-electron chi connectivity index (χ2n) is 3.51. The predicted molar refractivity (Wildman–Crippen MR) is 61.5 cm³/mol. The first-order valence-electron chi connectivity index (χ1n) is 4.82. The minimum absolute atomic E-state index is 0.0123. The summed E-state index contributed by atoms with van der Waals surface area (Å²) in [5.41, 5.74) is 0.662. The molecule has 0 spiro atoms. The molecule has 5 nitrogen and oxygen atoms in total. The molecule has 1 rings (SSSR count). The van der Waals surface area contributed by atoms with Crippen molar-refractivity contribution in [2.45, 2.75) is 19.6 Å². The third kappa shape index (κ3) is 3.77. The zero-order valence-electron chi connectivity index (χ0n) is 8.81. The van der Waals surface area contributed by atoms with Crippen molar-refractivity contribution >= 4 is 17.3 Å².